The molecule has 0 fully saturated rings. The summed E-state index contributed by atoms with van der Waals surface area (Å²) in [6.07, 6.45) is 10.5. The van der Waals surface area contributed by atoms with Crippen LogP contribution < -0.4 is 5.32 Å². The summed E-state index contributed by atoms with van der Waals surface area (Å²) in [5, 5.41) is 8.63. The van der Waals surface area contributed by atoms with Gasteiger partial charge in [-0.25, -0.2) is 9.50 Å². The van der Waals surface area contributed by atoms with Crippen molar-refractivity contribution >= 4 is 28.6 Å². The first kappa shape index (κ1) is 15.4. The monoisotopic (exact) mass is 332 g/mol. The van der Waals surface area contributed by atoms with Crippen molar-refractivity contribution in [1.82, 2.24) is 24.6 Å². The minimum absolute atomic E-state index is 0.341. The maximum Gasteiger partial charge on any atom is 0.224 e. The highest BCUT2D eigenvalue weighted by Gasteiger charge is 2.11. The van der Waals surface area contributed by atoms with Crippen LogP contribution >= 0.6 is 0 Å². The summed E-state index contributed by atoms with van der Waals surface area (Å²) in [5.74, 6) is 0.649. The summed E-state index contributed by atoms with van der Waals surface area (Å²) in [6, 6.07) is 4.49. The number of nitrogens with zero attached hydrogens (tertiary/aromatic N) is 4. The SMILES string of the molecule is C=Cc1cnn2ccc(-c3c[nH]c4nc(NC(C)CC)ncc34)cc12. The summed E-state index contributed by atoms with van der Waals surface area (Å²) in [6.45, 7) is 8.10. The van der Waals surface area contributed by atoms with Crippen molar-refractivity contribution in [3.8, 4) is 11.1 Å². The molecule has 0 saturated carbocycles. The summed E-state index contributed by atoms with van der Waals surface area (Å²) < 4.78 is 1.85. The molecular weight excluding hydrogens is 312 g/mol. The first-order valence-corrected chi connectivity index (χ1v) is 8.40. The Bertz CT molecular complexity index is 1060. The molecule has 0 aliphatic carbocycles. The standard InChI is InChI=1S/C19H20N6/c1-4-12(3)23-19-21-11-16-15(10-20-18(16)24-19)14-6-7-25-17(8-14)13(5-2)9-22-25/h5-12H,2,4H2,1,3H3,(H2,20,21,23,24). The first-order valence-electron chi connectivity index (χ1n) is 8.40. The minimum atomic E-state index is 0.341. The zero-order valence-electron chi connectivity index (χ0n) is 14.3. The van der Waals surface area contributed by atoms with Crippen molar-refractivity contribution in [2.45, 2.75) is 26.3 Å². The highest BCUT2D eigenvalue weighted by atomic mass is 15.2. The normalized spacial score (nSPS) is 12.6. The van der Waals surface area contributed by atoms with Crippen molar-refractivity contribution in [2.24, 2.45) is 0 Å². The van der Waals surface area contributed by atoms with E-state index in [4.69, 9.17) is 0 Å². The van der Waals surface area contributed by atoms with Crippen LogP contribution in [0.5, 0.6) is 0 Å². The van der Waals surface area contributed by atoms with Gasteiger partial charge in [0.15, 0.2) is 0 Å². The number of hydrogen-bond acceptors (Lipinski definition) is 4. The largest absolute Gasteiger partial charge is 0.352 e. The second-order valence-corrected chi connectivity index (χ2v) is 6.16. The van der Waals surface area contributed by atoms with Crippen LogP contribution in [0, 0.1) is 0 Å². The Morgan fingerprint density at radius 3 is 3.08 bits per heavy atom. The predicted molar refractivity (Wildman–Crippen MR) is 102 cm³/mol. The Morgan fingerprint density at radius 1 is 1.40 bits per heavy atom. The molecule has 6 heteroatoms. The van der Waals surface area contributed by atoms with Gasteiger partial charge in [-0.15, -0.1) is 0 Å². The number of aromatic nitrogens is 5. The summed E-state index contributed by atoms with van der Waals surface area (Å²) in [5.41, 5.74) is 5.03. The Kier molecular flexibility index (Phi) is 3.72. The molecule has 0 saturated heterocycles. The number of pyridine rings is 1. The van der Waals surface area contributed by atoms with Gasteiger partial charge in [-0.1, -0.05) is 19.6 Å². The van der Waals surface area contributed by atoms with Gasteiger partial charge in [0, 0.05) is 41.1 Å². The fraction of sp³-hybridized carbons (Fsp3) is 0.211. The van der Waals surface area contributed by atoms with E-state index in [1.165, 1.54) is 0 Å². The quantitative estimate of drug-likeness (QED) is 0.576. The van der Waals surface area contributed by atoms with Crippen LogP contribution in [0.25, 0.3) is 33.8 Å². The van der Waals surface area contributed by atoms with E-state index in [2.05, 4.69) is 51.9 Å². The lowest BCUT2D eigenvalue weighted by Crippen LogP contribution is -2.15. The molecule has 0 radical (unpaired) electrons. The number of hydrogen-bond donors (Lipinski definition) is 2. The molecule has 4 rings (SSSR count). The molecule has 0 spiro atoms. The van der Waals surface area contributed by atoms with E-state index in [0.717, 1.165) is 39.7 Å². The number of nitrogens with one attached hydrogen (secondary N) is 2. The molecule has 0 aromatic carbocycles. The van der Waals surface area contributed by atoms with Gasteiger partial charge >= 0.3 is 0 Å². The Labute approximate surface area is 145 Å². The summed E-state index contributed by atoms with van der Waals surface area (Å²) in [4.78, 5) is 12.3. The minimum Gasteiger partial charge on any atom is -0.352 e. The van der Waals surface area contributed by atoms with Gasteiger partial charge in [-0.2, -0.15) is 10.1 Å². The van der Waals surface area contributed by atoms with E-state index >= 15 is 0 Å². The van der Waals surface area contributed by atoms with E-state index < -0.39 is 0 Å². The fourth-order valence-corrected chi connectivity index (χ4v) is 2.86. The van der Waals surface area contributed by atoms with Crippen molar-refractivity contribution in [1.29, 1.82) is 0 Å². The highest BCUT2D eigenvalue weighted by Crippen LogP contribution is 2.29. The fourth-order valence-electron chi connectivity index (χ4n) is 2.86. The smallest absolute Gasteiger partial charge is 0.224 e. The zero-order valence-corrected chi connectivity index (χ0v) is 14.3. The van der Waals surface area contributed by atoms with Gasteiger partial charge in [0.05, 0.1) is 11.7 Å². The topological polar surface area (TPSA) is 70.9 Å². The Balaban J connectivity index is 1.77. The van der Waals surface area contributed by atoms with E-state index in [1.54, 1.807) is 0 Å². The molecule has 0 aliphatic rings. The van der Waals surface area contributed by atoms with Gasteiger partial charge in [0.1, 0.15) is 5.65 Å². The van der Waals surface area contributed by atoms with Gasteiger partial charge in [-0.05, 0) is 31.0 Å². The third kappa shape index (κ3) is 2.65. The maximum atomic E-state index is 4.58. The first-order chi connectivity index (χ1) is 12.2. The lowest BCUT2D eigenvalue weighted by molar-refractivity contribution is 0.754. The van der Waals surface area contributed by atoms with Crippen molar-refractivity contribution < 1.29 is 0 Å². The number of H-pyrrole nitrogens is 1. The molecule has 25 heavy (non-hydrogen) atoms. The molecule has 2 N–H and O–H groups in total. The number of aromatic amines is 1. The van der Waals surface area contributed by atoms with E-state index in [1.807, 2.05) is 41.4 Å². The van der Waals surface area contributed by atoms with Crippen molar-refractivity contribution in [2.75, 3.05) is 5.32 Å². The van der Waals surface area contributed by atoms with Gasteiger partial charge < -0.3 is 10.3 Å². The summed E-state index contributed by atoms with van der Waals surface area (Å²) >= 11 is 0. The van der Waals surface area contributed by atoms with Gasteiger partial charge in [0.2, 0.25) is 5.95 Å². The van der Waals surface area contributed by atoms with Gasteiger partial charge in [-0.3, -0.25) is 0 Å². The third-order valence-electron chi connectivity index (χ3n) is 4.50. The molecule has 0 aliphatic heterocycles. The molecule has 4 aromatic rings. The Morgan fingerprint density at radius 2 is 2.28 bits per heavy atom. The van der Waals surface area contributed by atoms with Crippen LogP contribution in [0.4, 0.5) is 5.95 Å². The molecule has 4 heterocycles. The van der Waals surface area contributed by atoms with Crippen molar-refractivity contribution in [3.05, 3.63) is 49.1 Å². The zero-order chi connectivity index (χ0) is 17.4. The molecule has 6 nitrogen and oxygen atoms in total. The maximum absolute atomic E-state index is 4.58. The third-order valence-corrected chi connectivity index (χ3v) is 4.50. The van der Waals surface area contributed by atoms with Crippen LogP contribution in [0.3, 0.4) is 0 Å². The van der Waals surface area contributed by atoms with E-state index in [0.29, 0.717) is 12.0 Å². The number of anilines is 1. The molecule has 1 atom stereocenters. The lowest BCUT2D eigenvalue weighted by Gasteiger charge is -2.10. The molecular formula is C19H20N6. The lowest BCUT2D eigenvalue weighted by atomic mass is 10.1. The molecule has 1 unspecified atom stereocenters. The van der Waals surface area contributed by atoms with Gasteiger partial charge in [0.25, 0.3) is 0 Å². The predicted octanol–water partition coefficient (Wildman–Crippen LogP) is 4.13. The summed E-state index contributed by atoms with van der Waals surface area (Å²) in [7, 11) is 0. The number of fused-ring (bicyclic) bond motifs is 2. The Hall–Kier alpha value is -3.15. The van der Waals surface area contributed by atoms with Crippen molar-refractivity contribution in [3.63, 3.8) is 0 Å². The van der Waals surface area contributed by atoms with Crippen LogP contribution in [0.2, 0.25) is 0 Å². The average molecular weight is 332 g/mol. The van der Waals surface area contributed by atoms with Crippen LogP contribution in [0.15, 0.2) is 43.5 Å². The molecule has 0 amide bonds. The van der Waals surface area contributed by atoms with E-state index in [9.17, 15) is 0 Å². The van der Waals surface area contributed by atoms with Crippen LogP contribution in [-0.4, -0.2) is 30.6 Å². The van der Waals surface area contributed by atoms with Crippen LogP contribution in [-0.2, 0) is 0 Å². The van der Waals surface area contributed by atoms with Crippen LogP contribution in [0.1, 0.15) is 25.8 Å². The highest BCUT2D eigenvalue weighted by molar-refractivity contribution is 5.94. The second kappa shape index (κ2) is 6.05. The van der Waals surface area contributed by atoms with E-state index in [-0.39, 0.29) is 0 Å². The number of rotatable bonds is 5. The molecule has 4 aromatic heterocycles. The second-order valence-electron chi connectivity index (χ2n) is 6.16. The average Bonchev–Trinajstić information content (AvgIpc) is 3.24. The molecule has 126 valence electrons. The molecule has 0 bridgehead atoms.